The molecule has 0 saturated heterocycles. The molecule has 2 aromatic carbocycles. The summed E-state index contributed by atoms with van der Waals surface area (Å²) in [6.45, 7) is 1.12. The molecule has 1 heterocycles. The highest BCUT2D eigenvalue weighted by Crippen LogP contribution is 2.35. The predicted octanol–water partition coefficient (Wildman–Crippen LogP) is 3.97. The van der Waals surface area contributed by atoms with Crippen LogP contribution in [0, 0.1) is 0 Å². The van der Waals surface area contributed by atoms with Crippen LogP contribution >= 0.6 is 11.6 Å². The van der Waals surface area contributed by atoms with Crippen LogP contribution in [-0.2, 0) is 0 Å². The molecule has 0 aromatic heterocycles. The maximum atomic E-state index is 13.1. The van der Waals surface area contributed by atoms with Crippen LogP contribution in [0.5, 0.6) is 0 Å². The monoisotopic (exact) mass is 335 g/mol. The van der Waals surface area contributed by atoms with E-state index >= 15 is 0 Å². The maximum Gasteiger partial charge on any atom is 0.279 e. The zero-order valence-corrected chi connectivity index (χ0v) is 13.0. The van der Waals surface area contributed by atoms with Crippen LogP contribution in [0.1, 0.15) is 5.56 Å². The quantitative estimate of drug-likeness (QED) is 0.872. The molecular weight excluding hydrogens is 320 g/mol. The fraction of sp³-hybridized carbons (Fsp3) is 0.176. The number of fused-ring (bicyclic) bond motifs is 1. The second-order valence-corrected chi connectivity index (χ2v) is 5.64. The minimum atomic E-state index is -2.70. The molecule has 1 aliphatic rings. The Morgan fingerprint density at radius 2 is 1.83 bits per heavy atom. The van der Waals surface area contributed by atoms with Gasteiger partial charge < -0.3 is 16.0 Å². The van der Waals surface area contributed by atoms with E-state index in [1.807, 2.05) is 42.5 Å². The molecule has 0 atom stereocenters. The van der Waals surface area contributed by atoms with Crippen molar-refractivity contribution in [2.45, 2.75) is 6.43 Å². The molecule has 0 radical (unpaired) electrons. The molecular formula is C17H16ClF2N3. The standard InChI is InChI=1S/C17H16ClF2N3/c18-11-5-7-12(8-6-11)23-10-9-22-16(15(21)17(19)20)13-3-1-2-4-14(13)23/h1-8,17,22H,9-10,21H2/b16-15-. The summed E-state index contributed by atoms with van der Waals surface area (Å²) in [7, 11) is 0. The van der Waals surface area contributed by atoms with Crippen LogP contribution in [0.15, 0.2) is 54.2 Å². The van der Waals surface area contributed by atoms with Crippen LogP contribution in [-0.4, -0.2) is 19.5 Å². The Bertz CT molecular complexity index is 729. The smallest absolute Gasteiger partial charge is 0.279 e. The van der Waals surface area contributed by atoms with Gasteiger partial charge in [0.05, 0.1) is 17.1 Å². The molecule has 3 nitrogen and oxygen atoms in total. The van der Waals surface area contributed by atoms with Gasteiger partial charge in [0.25, 0.3) is 6.43 Å². The van der Waals surface area contributed by atoms with Gasteiger partial charge >= 0.3 is 0 Å². The van der Waals surface area contributed by atoms with Gasteiger partial charge in [-0.25, -0.2) is 8.78 Å². The summed E-state index contributed by atoms with van der Waals surface area (Å²) in [5, 5.41) is 3.69. The van der Waals surface area contributed by atoms with Crippen molar-refractivity contribution in [2.24, 2.45) is 5.73 Å². The average molecular weight is 336 g/mol. The minimum Gasteiger partial charge on any atom is -0.396 e. The summed E-state index contributed by atoms with van der Waals surface area (Å²) in [4.78, 5) is 2.06. The highest BCUT2D eigenvalue weighted by atomic mass is 35.5. The molecule has 0 amide bonds. The molecule has 0 bridgehead atoms. The Labute approximate surface area is 138 Å². The van der Waals surface area contributed by atoms with Gasteiger partial charge in [0.2, 0.25) is 0 Å². The van der Waals surface area contributed by atoms with E-state index in [0.717, 1.165) is 11.4 Å². The molecule has 1 aliphatic heterocycles. The van der Waals surface area contributed by atoms with Crippen molar-refractivity contribution in [1.29, 1.82) is 0 Å². The largest absolute Gasteiger partial charge is 0.396 e. The van der Waals surface area contributed by atoms with E-state index < -0.39 is 12.1 Å². The lowest BCUT2D eigenvalue weighted by Gasteiger charge is -2.24. The highest BCUT2D eigenvalue weighted by molar-refractivity contribution is 6.30. The number of para-hydroxylation sites is 1. The number of nitrogens with two attached hydrogens (primary N) is 1. The lowest BCUT2D eigenvalue weighted by Crippen LogP contribution is -2.25. The number of anilines is 2. The Morgan fingerprint density at radius 1 is 1.13 bits per heavy atom. The van der Waals surface area contributed by atoms with Gasteiger partial charge in [-0.1, -0.05) is 29.8 Å². The number of hydrogen-bond donors (Lipinski definition) is 2. The van der Waals surface area contributed by atoms with Crippen molar-refractivity contribution in [3.63, 3.8) is 0 Å². The minimum absolute atomic E-state index is 0.298. The molecule has 23 heavy (non-hydrogen) atoms. The number of halogens is 3. The van der Waals surface area contributed by atoms with Crippen LogP contribution < -0.4 is 16.0 Å². The molecule has 0 saturated carbocycles. The third-order valence-electron chi connectivity index (χ3n) is 3.76. The normalized spacial score (nSPS) is 16.6. The molecule has 120 valence electrons. The fourth-order valence-electron chi connectivity index (χ4n) is 2.68. The predicted molar refractivity (Wildman–Crippen MR) is 90.0 cm³/mol. The van der Waals surface area contributed by atoms with Gasteiger partial charge in [0.1, 0.15) is 0 Å². The second-order valence-electron chi connectivity index (χ2n) is 5.20. The Balaban J connectivity index is 2.12. The maximum absolute atomic E-state index is 13.1. The van der Waals surface area contributed by atoms with Gasteiger partial charge in [-0.3, -0.25) is 0 Å². The number of nitrogens with zero attached hydrogens (tertiary/aromatic N) is 1. The van der Waals surface area contributed by atoms with Crippen LogP contribution in [0.25, 0.3) is 5.70 Å². The van der Waals surface area contributed by atoms with E-state index in [2.05, 4.69) is 10.2 Å². The zero-order chi connectivity index (χ0) is 16.4. The van der Waals surface area contributed by atoms with Gasteiger partial charge in [-0.2, -0.15) is 0 Å². The highest BCUT2D eigenvalue weighted by Gasteiger charge is 2.23. The van der Waals surface area contributed by atoms with E-state index in [4.69, 9.17) is 17.3 Å². The zero-order valence-electron chi connectivity index (χ0n) is 12.3. The number of benzene rings is 2. The lowest BCUT2D eigenvalue weighted by atomic mass is 10.1. The molecule has 0 aliphatic carbocycles. The van der Waals surface area contributed by atoms with Crippen molar-refractivity contribution in [1.82, 2.24) is 5.32 Å². The van der Waals surface area contributed by atoms with Crippen LogP contribution in [0.3, 0.4) is 0 Å². The van der Waals surface area contributed by atoms with Crippen molar-refractivity contribution in [2.75, 3.05) is 18.0 Å². The molecule has 6 heteroatoms. The first-order valence-corrected chi connectivity index (χ1v) is 7.60. The summed E-state index contributed by atoms with van der Waals surface area (Å²) in [5.41, 5.74) is 7.92. The third kappa shape index (κ3) is 3.10. The summed E-state index contributed by atoms with van der Waals surface area (Å²) >= 11 is 5.94. The Morgan fingerprint density at radius 3 is 2.52 bits per heavy atom. The number of alkyl halides is 2. The van der Waals surface area contributed by atoms with E-state index in [1.54, 1.807) is 6.07 Å². The summed E-state index contributed by atoms with van der Waals surface area (Å²) in [6.07, 6.45) is -2.70. The molecule has 2 aromatic rings. The van der Waals surface area contributed by atoms with E-state index in [-0.39, 0.29) is 0 Å². The molecule has 3 N–H and O–H groups in total. The van der Waals surface area contributed by atoms with E-state index in [1.165, 1.54) is 0 Å². The molecule has 0 fully saturated rings. The Kier molecular flexibility index (Phi) is 4.39. The topological polar surface area (TPSA) is 41.3 Å². The van der Waals surface area contributed by atoms with E-state index in [0.29, 0.717) is 29.4 Å². The van der Waals surface area contributed by atoms with Crippen molar-refractivity contribution < 1.29 is 8.78 Å². The van der Waals surface area contributed by atoms with Gasteiger partial charge in [-0.15, -0.1) is 0 Å². The first kappa shape index (κ1) is 15.6. The van der Waals surface area contributed by atoms with Gasteiger partial charge in [-0.05, 0) is 30.3 Å². The molecule has 0 unspecified atom stereocenters. The number of rotatable bonds is 2. The van der Waals surface area contributed by atoms with Crippen molar-refractivity contribution in [3.05, 3.63) is 64.8 Å². The number of allylic oxidation sites excluding steroid dienone is 1. The first-order valence-electron chi connectivity index (χ1n) is 7.22. The summed E-state index contributed by atoms with van der Waals surface area (Å²) < 4.78 is 26.1. The third-order valence-corrected chi connectivity index (χ3v) is 4.02. The van der Waals surface area contributed by atoms with Gasteiger partial charge in [0.15, 0.2) is 0 Å². The number of nitrogens with one attached hydrogen (secondary N) is 1. The van der Waals surface area contributed by atoms with Crippen molar-refractivity contribution in [3.8, 4) is 0 Å². The second kappa shape index (κ2) is 6.46. The molecule has 3 rings (SSSR count). The average Bonchev–Trinajstić information content (AvgIpc) is 2.74. The Hall–Kier alpha value is -2.27. The fourth-order valence-corrected chi connectivity index (χ4v) is 2.81. The van der Waals surface area contributed by atoms with Gasteiger partial charge in [0, 0.05) is 29.4 Å². The van der Waals surface area contributed by atoms with Crippen LogP contribution in [0.2, 0.25) is 5.02 Å². The summed E-state index contributed by atoms with van der Waals surface area (Å²) in [5.74, 6) is 0. The molecule has 0 spiro atoms. The first-order chi connectivity index (χ1) is 11.1. The number of hydrogen-bond acceptors (Lipinski definition) is 3. The SMILES string of the molecule is N/C(=C1\NCCN(c2ccc(Cl)cc2)c2ccccc21)C(F)F. The van der Waals surface area contributed by atoms with Crippen LogP contribution in [0.4, 0.5) is 20.2 Å². The van der Waals surface area contributed by atoms with Crippen molar-refractivity contribution >= 4 is 28.7 Å². The van der Waals surface area contributed by atoms with E-state index in [9.17, 15) is 8.78 Å². The summed E-state index contributed by atoms with van der Waals surface area (Å²) in [6, 6.07) is 14.8. The lowest BCUT2D eigenvalue weighted by molar-refractivity contribution is 0.188.